The summed E-state index contributed by atoms with van der Waals surface area (Å²) in [6.45, 7) is 12.5. The Balaban J connectivity index is 1.49. The van der Waals surface area contributed by atoms with Crippen molar-refractivity contribution in [3.63, 3.8) is 0 Å². The summed E-state index contributed by atoms with van der Waals surface area (Å²) in [5, 5.41) is 0. The van der Waals surface area contributed by atoms with Crippen LogP contribution in [-0.2, 0) is 13.1 Å². The molecule has 0 atom stereocenters. The van der Waals surface area contributed by atoms with Gasteiger partial charge >= 0.3 is 0 Å². The average Bonchev–Trinajstić information content (AvgIpc) is 2.97. The van der Waals surface area contributed by atoms with Crippen molar-refractivity contribution in [2.75, 3.05) is 46.8 Å². The Morgan fingerprint density at radius 3 is 2.52 bits per heavy atom. The Labute approximate surface area is 163 Å². The minimum Gasteiger partial charge on any atom is -0.327 e. The highest BCUT2D eigenvalue weighted by molar-refractivity contribution is 5.75. The Morgan fingerprint density at radius 1 is 1.04 bits per heavy atom. The van der Waals surface area contributed by atoms with Gasteiger partial charge in [-0.25, -0.2) is 4.98 Å². The molecule has 3 heterocycles. The molecular weight excluding hydrogens is 334 g/mol. The quantitative estimate of drug-likeness (QED) is 0.828. The standard InChI is InChI=1S/C22H35N5/c1-18(2)15-27-20-8-6-5-7-19(20)23-21(27)16-26-11-9-22(10-12-26)17-24(3)13-14-25(22)4/h5-8,18H,9-17H2,1-4H3. The molecule has 2 aromatic rings. The third-order valence-electron chi connectivity index (χ3n) is 6.62. The first-order chi connectivity index (χ1) is 13.0. The van der Waals surface area contributed by atoms with Gasteiger partial charge in [0, 0.05) is 44.8 Å². The summed E-state index contributed by atoms with van der Waals surface area (Å²) >= 11 is 0. The summed E-state index contributed by atoms with van der Waals surface area (Å²) in [5.41, 5.74) is 2.79. The van der Waals surface area contributed by atoms with Crippen molar-refractivity contribution in [3.05, 3.63) is 30.1 Å². The maximum atomic E-state index is 4.99. The molecule has 1 spiro atoms. The summed E-state index contributed by atoms with van der Waals surface area (Å²) in [7, 11) is 4.60. The first-order valence-corrected chi connectivity index (χ1v) is 10.5. The van der Waals surface area contributed by atoms with Gasteiger partial charge in [0.15, 0.2) is 0 Å². The van der Waals surface area contributed by atoms with E-state index in [0.717, 1.165) is 18.6 Å². The molecule has 0 unspecified atom stereocenters. The van der Waals surface area contributed by atoms with Crippen molar-refractivity contribution < 1.29 is 0 Å². The number of piperidine rings is 1. The zero-order valence-corrected chi connectivity index (χ0v) is 17.5. The summed E-state index contributed by atoms with van der Waals surface area (Å²) < 4.78 is 2.45. The third kappa shape index (κ3) is 3.78. The molecule has 0 amide bonds. The molecule has 5 heteroatoms. The Kier molecular flexibility index (Phi) is 5.28. The molecule has 148 valence electrons. The Bertz CT molecular complexity index is 772. The van der Waals surface area contributed by atoms with Gasteiger partial charge in [0.1, 0.15) is 5.82 Å². The molecule has 2 saturated heterocycles. The van der Waals surface area contributed by atoms with Crippen molar-refractivity contribution in [3.8, 4) is 0 Å². The van der Waals surface area contributed by atoms with Gasteiger partial charge in [-0.3, -0.25) is 9.80 Å². The number of likely N-dealkylation sites (N-methyl/N-ethyl adjacent to an activating group) is 2. The summed E-state index contributed by atoms with van der Waals surface area (Å²) in [6, 6.07) is 8.59. The molecule has 1 aromatic heterocycles. The molecular formula is C22H35N5. The molecule has 0 radical (unpaired) electrons. The van der Waals surface area contributed by atoms with Gasteiger partial charge in [0.25, 0.3) is 0 Å². The van der Waals surface area contributed by atoms with Crippen molar-refractivity contribution in [2.24, 2.45) is 5.92 Å². The number of rotatable bonds is 4. The Morgan fingerprint density at radius 2 is 1.78 bits per heavy atom. The van der Waals surface area contributed by atoms with Crippen LogP contribution in [0.2, 0.25) is 0 Å². The zero-order chi connectivity index (χ0) is 19.0. The molecule has 0 bridgehead atoms. The van der Waals surface area contributed by atoms with E-state index >= 15 is 0 Å². The lowest BCUT2D eigenvalue weighted by molar-refractivity contribution is -0.0210. The van der Waals surface area contributed by atoms with Crippen molar-refractivity contribution >= 4 is 11.0 Å². The van der Waals surface area contributed by atoms with Crippen LogP contribution in [0.1, 0.15) is 32.5 Å². The number of para-hydroxylation sites is 2. The van der Waals surface area contributed by atoms with E-state index in [-0.39, 0.29) is 0 Å². The highest BCUT2D eigenvalue weighted by Gasteiger charge is 2.41. The fourth-order valence-corrected chi connectivity index (χ4v) is 4.94. The molecule has 5 nitrogen and oxygen atoms in total. The number of imidazole rings is 1. The van der Waals surface area contributed by atoms with Crippen LogP contribution in [0.3, 0.4) is 0 Å². The fourth-order valence-electron chi connectivity index (χ4n) is 4.94. The predicted molar refractivity (Wildman–Crippen MR) is 112 cm³/mol. The third-order valence-corrected chi connectivity index (χ3v) is 6.62. The van der Waals surface area contributed by atoms with E-state index in [1.165, 1.54) is 56.9 Å². The number of piperazine rings is 1. The topological polar surface area (TPSA) is 27.5 Å². The predicted octanol–water partition coefficient (Wildman–Crippen LogP) is 2.90. The zero-order valence-electron chi connectivity index (χ0n) is 17.5. The van der Waals surface area contributed by atoms with E-state index in [1.54, 1.807) is 0 Å². The molecule has 0 saturated carbocycles. The summed E-state index contributed by atoms with van der Waals surface area (Å²) in [5.74, 6) is 1.85. The number of hydrogen-bond donors (Lipinski definition) is 0. The van der Waals surface area contributed by atoms with Crippen LogP contribution in [0, 0.1) is 5.92 Å². The number of nitrogens with zero attached hydrogens (tertiary/aromatic N) is 5. The normalized spacial score (nSPS) is 22.3. The van der Waals surface area contributed by atoms with Gasteiger partial charge in [-0.15, -0.1) is 0 Å². The highest BCUT2D eigenvalue weighted by Crippen LogP contribution is 2.32. The van der Waals surface area contributed by atoms with Crippen LogP contribution in [0.25, 0.3) is 11.0 Å². The second-order valence-electron chi connectivity index (χ2n) is 9.18. The largest absolute Gasteiger partial charge is 0.327 e. The number of hydrogen-bond acceptors (Lipinski definition) is 4. The van der Waals surface area contributed by atoms with Gasteiger partial charge < -0.3 is 9.47 Å². The van der Waals surface area contributed by atoms with E-state index in [2.05, 4.69) is 71.5 Å². The van der Waals surface area contributed by atoms with Gasteiger partial charge in [0.2, 0.25) is 0 Å². The number of fused-ring (bicyclic) bond motifs is 1. The smallest absolute Gasteiger partial charge is 0.124 e. The minimum absolute atomic E-state index is 0.377. The summed E-state index contributed by atoms with van der Waals surface area (Å²) in [4.78, 5) is 12.7. The average molecular weight is 370 g/mol. The lowest BCUT2D eigenvalue weighted by Gasteiger charge is -2.52. The molecule has 2 aliphatic rings. The second kappa shape index (κ2) is 7.53. The Hall–Kier alpha value is -1.43. The molecule has 2 aliphatic heterocycles. The fraction of sp³-hybridized carbons (Fsp3) is 0.682. The van der Waals surface area contributed by atoms with Gasteiger partial charge in [-0.1, -0.05) is 26.0 Å². The second-order valence-corrected chi connectivity index (χ2v) is 9.18. The van der Waals surface area contributed by atoms with Crippen LogP contribution < -0.4 is 0 Å². The van der Waals surface area contributed by atoms with E-state index in [0.29, 0.717) is 11.5 Å². The number of likely N-dealkylation sites (tertiary alicyclic amines) is 1. The molecule has 0 N–H and O–H groups in total. The molecule has 27 heavy (non-hydrogen) atoms. The molecule has 0 aliphatic carbocycles. The van der Waals surface area contributed by atoms with E-state index in [1.807, 2.05) is 0 Å². The maximum Gasteiger partial charge on any atom is 0.124 e. The lowest BCUT2D eigenvalue weighted by Crippen LogP contribution is -2.63. The van der Waals surface area contributed by atoms with Crippen LogP contribution in [0.4, 0.5) is 0 Å². The van der Waals surface area contributed by atoms with Crippen LogP contribution in [0.5, 0.6) is 0 Å². The van der Waals surface area contributed by atoms with Gasteiger partial charge in [0.05, 0.1) is 17.6 Å². The number of aromatic nitrogens is 2. The van der Waals surface area contributed by atoms with Crippen LogP contribution >= 0.6 is 0 Å². The highest BCUT2D eigenvalue weighted by atomic mass is 15.3. The van der Waals surface area contributed by atoms with Gasteiger partial charge in [-0.05, 0) is 45.0 Å². The van der Waals surface area contributed by atoms with E-state index < -0.39 is 0 Å². The molecule has 2 fully saturated rings. The minimum atomic E-state index is 0.377. The van der Waals surface area contributed by atoms with E-state index in [9.17, 15) is 0 Å². The van der Waals surface area contributed by atoms with Crippen LogP contribution in [0.15, 0.2) is 24.3 Å². The van der Waals surface area contributed by atoms with Crippen molar-refractivity contribution in [1.29, 1.82) is 0 Å². The van der Waals surface area contributed by atoms with Crippen LogP contribution in [-0.4, -0.2) is 76.6 Å². The lowest BCUT2D eigenvalue weighted by atomic mass is 9.84. The SMILES string of the molecule is CC(C)Cn1c(CN2CCC3(CC2)CN(C)CCN3C)nc2ccccc21. The van der Waals surface area contributed by atoms with Gasteiger partial charge in [-0.2, -0.15) is 0 Å². The maximum absolute atomic E-state index is 4.99. The van der Waals surface area contributed by atoms with E-state index in [4.69, 9.17) is 4.98 Å². The van der Waals surface area contributed by atoms with Crippen molar-refractivity contribution in [2.45, 2.75) is 45.3 Å². The molecule has 4 rings (SSSR count). The monoisotopic (exact) mass is 369 g/mol. The van der Waals surface area contributed by atoms with Crippen molar-refractivity contribution in [1.82, 2.24) is 24.3 Å². The molecule has 1 aromatic carbocycles. The first kappa shape index (κ1) is 18.9. The first-order valence-electron chi connectivity index (χ1n) is 10.5. The summed E-state index contributed by atoms with van der Waals surface area (Å²) in [6.07, 6.45) is 2.52. The number of benzene rings is 1.